The first-order chi connectivity index (χ1) is 17.4. The lowest BCUT2D eigenvalue weighted by molar-refractivity contribution is 0.0560. The standard InChI is InChI=1S/C34H56O3Si/c1-24(15-13-16-25(2)18-19-30-33(8,9)35-30)17-14-21-34(10)22-20-28-27(4)29(23-26(3)31(28)36-34)37-38(11,12)32(5,6)7/h16-17,23,30H,13-15,18-22H2,1-12H3/b24-17+,25-16+/t30?,34-/m1/s1. The molecule has 0 N–H and O–H groups in total. The molecular weight excluding hydrogens is 484 g/mol. The summed E-state index contributed by atoms with van der Waals surface area (Å²) in [5.41, 5.74) is 6.80. The zero-order valence-electron chi connectivity index (χ0n) is 26.7. The molecule has 2 aliphatic heterocycles. The smallest absolute Gasteiger partial charge is 0.250 e. The Morgan fingerprint density at radius 3 is 2.26 bits per heavy atom. The highest BCUT2D eigenvalue weighted by molar-refractivity contribution is 6.74. The molecule has 2 atom stereocenters. The quantitative estimate of drug-likeness (QED) is 0.159. The minimum atomic E-state index is -1.89. The van der Waals surface area contributed by atoms with Crippen molar-refractivity contribution in [2.24, 2.45) is 0 Å². The molecule has 0 spiro atoms. The van der Waals surface area contributed by atoms with Gasteiger partial charge in [-0.15, -0.1) is 0 Å². The first-order valence-corrected chi connectivity index (χ1v) is 17.9. The molecule has 214 valence electrons. The van der Waals surface area contributed by atoms with Crippen LogP contribution in [0.15, 0.2) is 29.4 Å². The Balaban J connectivity index is 1.53. The van der Waals surface area contributed by atoms with E-state index in [0.717, 1.165) is 62.9 Å². The van der Waals surface area contributed by atoms with E-state index in [-0.39, 0.29) is 16.2 Å². The lowest BCUT2D eigenvalue weighted by atomic mass is 9.86. The van der Waals surface area contributed by atoms with Crippen LogP contribution in [0.25, 0.3) is 0 Å². The predicted octanol–water partition coefficient (Wildman–Crippen LogP) is 10.2. The fourth-order valence-electron chi connectivity index (χ4n) is 5.24. The number of aryl methyl sites for hydroxylation is 1. The van der Waals surface area contributed by atoms with Gasteiger partial charge in [0.15, 0.2) is 0 Å². The lowest BCUT2D eigenvalue weighted by Gasteiger charge is -2.40. The minimum Gasteiger partial charge on any atom is -0.543 e. The van der Waals surface area contributed by atoms with E-state index in [1.165, 1.54) is 27.8 Å². The van der Waals surface area contributed by atoms with E-state index >= 15 is 0 Å². The number of epoxide rings is 1. The van der Waals surface area contributed by atoms with Crippen molar-refractivity contribution < 1.29 is 13.9 Å². The van der Waals surface area contributed by atoms with Crippen LogP contribution in [-0.4, -0.2) is 25.6 Å². The Morgan fingerprint density at radius 2 is 1.66 bits per heavy atom. The summed E-state index contributed by atoms with van der Waals surface area (Å²) in [6.45, 7) is 27.2. The Kier molecular flexibility index (Phi) is 9.41. The number of allylic oxidation sites excluding steroid dienone is 4. The number of benzene rings is 1. The molecule has 0 saturated carbocycles. The van der Waals surface area contributed by atoms with Gasteiger partial charge in [0.2, 0.25) is 8.32 Å². The summed E-state index contributed by atoms with van der Waals surface area (Å²) in [6.07, 6.45) is 14.1. The Morgan fingerprint density at radius 1 is 1.05 bits per heavy atom. The molecule has 0 aliphatic carbocycles. The summed E-state index contributed by atoms with van der Waals surface area (Å²) in [6, 6.07) is 2.22. The van der Waals surface area contributed by atoms with Gasteiger partial charge in [-0.2, -0.15) is 0 Å². The van der Waals surface area contributed by atoms with Crippen molar-refractivity contribution in [3.63, 3.8) is 0 Å². The van der Waals surface area contributed by atoms with Crippen molar-refractivity contribution in [1.82, 2.24) is 0 Å². The van der Waals surface area contributed by atoms with E-state index in [0.29, 0.717) is 6.10 Å². The van der Waals surface area contributed by atoms with Gasteiger partial charge in [-0.05, 0) is 135 Å². The number of hydrogen-bond donors (Lipinski definition) is 0. The summed E-state index contributed by atoms with van der Waals surface area (Å²) >= 11 is 0. The van der Waals surface area contributed by atoms with Gasteiger partial charge in [-0.1, -0.05) is 44.1 Å². The van der Waals surface area contributed by atoms with Gasteiger partial charge in [-0.3, -0.25) is 0 Å². The van der Waals surface area contributed by atoms with E-state index in [4.69, 9.17) is 13.9 Å². The molecule has 3 rings (SSSR count). The average molecular weight is 541 g/mol. The van der Waals surface area contributed by atoms with Gasteiger partial charge in [0, 0.05) is 5.56 Å². The van der Waals surface area contributed by atoms with Gasteiger partial charge in [0.05, 0.1) is 11.7 Å². The molecule has 1 unspecified atom stereocenters. The average Bonchev–Trinajstić information content (AvgIpc) is 3.41. The molecule has 1 saturated heterocycles. The molecule has 1 aromatic carbocycles. The van der Waals surface area contributed by atoms with Gasteiger partial charge in [0.1, 0.15) is 17.1 Å². The summed E-state index contributed by atoms with van der Waals surface area (Å²) in [7, 11) is -1.89. The predicted molar refractivity (Wildman–Crippen MR) is 165 cm³/mol. The molecule has 1 fully saturated rings. The van der Waals surface area contributed by atoms with Crippen LogP contribution >= 0.6 is 0 Å². The Labute approximate surface area is 235 Å². The minimum absolute atomic E-state index is 0.111. The van der Waals surface area contributed by atoms with Crippen LogP contribution in [0.4, 0.5) is 0 Å². The third kappa shape index (κ3) is 7.78. The van der Waals surface area contributed by atoms with Gasteiger partial charge in [-0.25, -0.2) is 0 Å². The zero-order chi connectivity index (χ0) is 28.5. The monoisotopic (exact) mass is 540 g/mol. The second-order valence-electron chi connectivity index (χ2n) is 14.5. The highest BCUT2D eigenvalue weighted by atomic mass is 28.4. The van der Waals surface area contributed by atoms with E-state index < -0.39 is 8.32 Å². The maximum absolute atomic E-state index is 6.75. The third-order valence-electron chi connectivity index (χ3n) is 9.39. The summed E-state index contributed by atoms with van der Waals surface area (Å²) in [4.78, 5) is 0. The fraction of sp³-hybridized carbons (Fsp3) is 0.706. The van der Waals surface area contributed by atoms with Crippen molar-refractivity contribution >= 4 is 8.32 Å². The second-order valence-corrected chi connectivity index (χ2v) is 19.2. The third-order valence-corrected chi connectivity index (χ3v) is 13.7. The largest absolute Gasteiger partial charge is 0.543 e. The van der Waals surface area contributed by atoms with Gasteiger partial charge < -0.3 is 13.9 Å². The molecule has 2 aliphatic rings. The van der Waals surface area contributed by atoms with E-state index in [9.17, 15) is 0 Å². The first kappa shape index (κ1) is 31.0. The van der Waals surface area contributed by atoms with Crippen molar-refractivity contribution in [3.05, 3.63) is 46.1 Å². The number of rotatable bonds is 11. The van der Waals surface area contributed by atoms with Gasteiger partial charge in [0.25, 0.3) is 0 Å². The van der Waals surface area contributed by atoms with Crippen LogP contribution in [0.3, 0.4) is 0 Å². The summed E-state index contributed by atoms with van der Waals surface area (Å²) in [5.74, 6) is 2.16. The molecule has 38 heavy (non-hydrogen) atoms. The molecule has 3 nitrogen and oxygen atoms in total. The van der Waals surface area contributed by atoms with Crippen molar-refractivity contribution in [3.8, 4) is 11.5 Å². The highest BCUT2D eigenvalue weighted by Gasteiger charge is 2.46. The molecule has 0 radical (unpaired) electrons. The molecule has 0 amide bonds. The van der Waals surface area contributed by atoms with Crippen LogP contribution in [0.1, 0.15) is 117 Å². The molecule has 0 bridgehead atoms. The SMILES string of the molecule is C/C(=C\CC[C@]1(C)CCc2c(C)c(O[Si](C)(C)C(C)(C)C)cc(C)c2O1)CC/C=C(\C)CCC1OC1(C)C. The van der Waals surface area contributed by atoms with Crippen LogP contribution < -0.4 is 9.16 Å². The second kappa shape index (κ2) is 11.5. The Bertz CT molecular complexity index is 1060. The van der Waals surface area contributed by atoms with Crippen LogP contribution in [0, 0.1) is 13.8 Å². The van der Waals surface area contributed by atoms with Crippen molar-refractivity contribution in [1.29, 1.82) is 0 Å². The maximum atomic E-state index is 6.75. The summed E-state index contributed by atoms with van der Waals surface area (Å²) < 4.78 is 19.2. The lowest BCUT2D eigenvalue weighted by Crippen LogP contribution is -2.44. The van der Waals surface area contributed by atoms with E-state index in [1.54, 1.807) is 0 Å². The maximum Gasteiger partial charge on any atom is 0.250 e. The highest BCUT2D eigenvalue weighted by Crippen LogP contribution is 2.45. The van der Waals surface area contributed by atoms with Crippen molar-refractivity contribution in [2.75, 3.05) is 0 Å². The molecular formula is C34H56O3Si. The molecule has 4 heteroatoms. The van der Waals surface area contributed by atoms with Crippen molar-refractivity contribution in [2.45, 2.75) is 156 Å². The first-order valence-electron chi connectivity index (χ1n) is 14.9. The number of fused-ring (bicyclic) bond motifs is 1. The Hall–Kier alpha value is -1.52. The van der Waals surface area contributed by atoms with E-state index in [2.05, 4.69) is 101 Å². The van der Waals surface area contributed by atoms with E-state index in [1.807, 2.05) is 0 Å². The molecule has 2 heterocycles. The zero-order valence-corrected chi connectivity index (χ0v) is 27.7. The van der Waals surface area contributed by atoms with Crippen LogP contribution in [0.2, 0.25) is 18.1 Å². The van der Waals surface area contributed by atoms with Gasteiger partial charge >= 0.3 is 0 Å². The fourth-order valence-corrected chi connectivity index (χ4v) is 6.31. The number of hydrogen-bond acceptors (Lipinski definition) is 3. The normalized spacial score (nSPS) is 23.6. The van der Waals surface area contributed by atoms with Crippen LogP contribution in [-0.2, 0) is 11.2 Å². The summed E-state index contributed by atoms with van der Waals surface area (Å²) in [5, 5.41) is 0.183. The molecule has 1 aromatic rings. The topological polar surface area (TPSA) is 31.0 Å². The van der Waals surface area contributed by atoms with Crippen LogP contribution in [0.5, 0.6) is 11.5 Å². The number of ether oxygens (including phenoxy) is 2. The molecule has 0 aromatic heterocycles.